The highest BCUT2D eigenvalue weighted by Crippen LogP contribution is 2.24. The summed E-state index contributed by atoms with van der Waals surface area (Å²) in [7, 11) is 0. The summed E-state index contributed by atoms with van der Waals surface area (Å²) in [6.07, 6.45) is 3.69. The average Bonchev–Trinajstić information content (AvgIpc) is 2.49. The summed E-state index contributed by atoms with van der Waals surface area (Å²) in [4.78, 5) is 4.15. The van der Waals surface area contributed by atoms with Gasteiger partial charge in [-0.15, -0.1) is 0 Å². The summed E-state index contributed by atoms with van der Waals surface area (Å²) in [6, 6.07) is 21.3. The molecule has 0 radical (unpaired) electrons. The number of hydrogen-bond acceptors (Lipinski definition) is 1. The van der Waals surface area contributed by atoms with E-state index in [1.165, 1.54) is 22.3 Å². The van der Waals surface area contributed by atoms with E-state index in [-0.39, 0.29) is 0 Å². The molecule has 0 fully saturated rings. The van der Waals surface area contributed by atoms with Crippen LogP contribution in [0.15, 0.2) is 73.1 Å². The number of rotatable bonds is 2. The van der Waals surface area contributed by atoms with Crippen molar-refractivity contribution in [3.63, 3.8) is 0 Å². The predicted molar refractivity (Wildman–Crippen MR) is 79.8 cm³/mol. The molecule has 2 aromatic carbocycles. The molecule has 0 atom stereocenters. The SMILES string of the molecule is Cc1ccc(-c2ccc(-c3cccnc3)cc2)cc1. The first-order valence-electron chi connectivity index (χ1n) is 6.40. The summed E-state index contributed by atoms with van der Waals surface area (Å²) in [6.45, 7) is 2.11. The molecule has 0 spiro atoms. The van der Waals surface area contributed by atoms with Gasteiger partial charge >= 0.3 is 0 Å². The second-order valence-corrected chi connectivity index (χ2v) is 4.69. The van der Waals surface area contributed by atoms with Gasteiger partial charge in [-0.25, -0.2) is 0 Å². The molecule has 19 heavy (non-hydrogen) atoms. The molecule has 0 bridgehead atoms. The molecule has 0 N–H and O–H groups in total. The molecule has 0 amide bonds. The van der Waals surface area contributed by atoms with Crippen LogP contribution < -0.4 is 0 Å². The van der Waals surface area contributed by atoms with Gasteiger partial charge in [0.15, 0.2) is 0 Å². The number of aromatic nitrogens is 1. The van der Waals surface area contributed by atoms with Gasteiger partial charge in [-0.2, -0.15) is 0 Å². The van der Waals surface area contributed by atoms with Crippen molar-refractivity contribution in [2.45, 2.75) is 6.92 Å². The van der Waals surface area contributed by atoms with E-state index in [1.807, 2.05) is 12.3 Å². The van der Waals surface area contributed by atoms with Gasteiger partial charge in [0.1, 0.15) is 0 Å². The first kappa shape index (κ1) is 11.7. The van der Waals surface area contributed by atoms with Crippen LogP contribution in [0.4, 0.5) is 0 Å². The second-order valence-electron chi connectivity index (χ2n) is 4.69. The van der Waals surface area contributed by atoms with Crippen LogP contribution in [0, 0.1) is 6.92 Å². The monoisotopic (exact) mass is 245 g/mol. The Morgan fingerprint density at radius 3 is 1.68 bits per heavy atom. The van der Waals surface area contributed by atoms with E-state index in [2.05, 4.69) is 66.5 Å². The van der Waals surface area contributed by atoms with Crippen molar-refractivity contribution in [1.82, 2.24) is 4.98 Å². The molecule has 0 aliphatic heterocycles. The standard InChI is InChI=1S/C18H15N/c1-14-4-6-15(7-5-14)16-8-10-17(11-9-16)18-3-2-12-19-13-18/h2-13H,1H3. The van der Waals surface area contributed by atoms with E-state index in [1.54, 1.807) is 6.20 Å². The zero-order valence-corrected chi connectivity index (χ0v) is 10.9. The molecule has 92 valence electrons. The Hall–Kier alpha value is -2.41. The average molecular weight is 245 g/mol. The lowest BCUT2D eigenvalue weighted by Crippen LogP contribution is -1.81. The maximum Gasteiger partial charge on any atom is 0.0346 e. The van der Waals surface area contributed by atoms with Crippen LogP contribution in [0.2, 0.25) is 0 Å². The van der Waals surface area contributed by atoms with E-state index in [0.29, 0.717) is 0 Å². The van der Waals surface area contributed by atoms with Crippen molar-refractivity contribution in [3.05, 3.63) is 78.6 Å². The van der Waals surface area contributed by atoms with Gasteiger partial charge in [0.05, 0.1) is 0 Å². The van der Waals surface area contributed by atoms with Gasteiger partial charge in [-0.05, 0) is 35.2 Å². The molecule has 0 unspecified atom stereocenters. The molecule has 1 nitrogen and oxygen atoms in total. The van der Waals surface area contributed by atoms with Crippen LogP contribution in [0.5, 0.6) is 0 Å². The Bertz CT molecular complexity index is 652. The number of benzene rings is 2. The summed E-state index contributed by atoms with van der Waals surface area (Å²) in [5.41, 5.74) is 6.13. The Balaban J connectivity index is 1.93. The van der Waals surface area contributed by atoms with Gasteiger partial charge in [0, 0.05) is 12.4 Å². The molecule has 1 heteroatoms. The van der Waals surface area contributed by atoms with Crippen molar-refractivity contribution >= 4 is 0 Å². The molecule has 0 aliphatic carbocycles. The molecular formula is C18H15N. The predicted octanol–water partition coefficient (Wildman–Crippen LogP) is 4.72. The fraction of sp³-hybridized carbons (Fsp3) is 0.0556. The van der Waals surface area contributed by atoms with Crippen LogP contribution in [0.25, 0.3) is 22.3 Å². The van der Waals surface area contributed by atoms with Crippen molar-refractivity contribution < 1.29 is 0 Å². The molecule has 1 heterocycles. The zero-order chi connectivity index (χ0) is 13.1. The molecule has 0 saturated carbocycles. The minimum Gasteiger partial charge on any atom is -0.264 e. The first-order valence-corrected chi connectivity index (χ1v) is 6.40. The van der Waals surface area contributed by atoms with Gasteiger partial charge in [-0.1, -0.05) is 60.2 Å². The highest BCUT2D eigenvalue weighted by atomic mass is 14.6. The Morgan fingerprint density at radius 2 is 1.16 bits per heavy atom. The van der Waals surface area contributed by atoms with Gasteiger partial charge in [-0.3, -0.25) is 4.98 Å². The lowest BCUT2D eigenvalue weighted by molar-refractivity contribution is 1.33. The Kier molecular flexibility index (Phi) is 3.11. The van der Waals surface area contributed by atoms with Crippen LogP contribution in [0.1, 0.15) is 5.56 Å². The van der Waals surface area contributed by atoms with E-state index in [0.717, 1.165) is 5.56 Å². The number of hydrogen-bond donors (Lipinski definition) is 0. The third-order valence-corrected chi connectivity index (χ3v) is 3.26. The first-order chi connectivity index (χ1) is 9.33. The minimum atomic E-state index is 1.15. The van der Waals surface area contributed by atoms with Gasteiger partial charge in [0.25, 0.3) is 0 Å². The lowest BCUT2D eigenvalue weighted by atomic mass is 10.0. The smallest absolute Gasteiger partial charge is 0.0346 e. The van der Waals surface area contributed by atoms with Crippen molar-refractivity contribution in [2.75, 3.05) is 0 Å². The molecule has 3 aromatic rings. The van der Waals surface area contributed by atoms with Crippen molar-refractivity contribution in [2.24, 2.45) is 0 Å². The van der Waals surface area contributed by atoms with E-state index in [4.69, 9.17) is 0 Å². The fourth-order valence-corrected chi connectivity index (χ4v) is 2.13. The van der Waals surface area contributed by atoms with Crippen molar-refractivity contribution in [1.29, 1.82) is 0 Å². The minimum absolute atomic E-state index is 1.15. The van der Waals surface area contributed by atoms with Crippen molar-refractivity contribution in [3.8, 4) is 22.3 Å². The Morgan fingerprint density at radius 1 is 0.632 bits per heavy atom. The van der Waals surface area contributed by atoms with Crippen LogP contribution in [-0.2, 0) is 0 Å². The quantitative estimate of drug-likeness (QED) is 0.636. The summed E-state index contributed by atoms with van der Waals surface area (Å²) in [5.74, 6) is 0. The maximum absolute atomic E-state index is 4.15. The number of aryl methyl sites for hydroxylation is 1. The third kappa shape index (κ3) is 2.55. The molecule has 3 rings (SSSR count). The fourth-order valence-electron chi connectivity index (χ4n) is 2.13. The number of pyridine rings is 1. The summed E-state index contributed by atoms with van der Waals surface area (Å²) in [5, 5.41) is 0. The highest BCUT2D eigenvalue weighted by molar-refractivity contribution is 5.70. The molecule has 0 aliphatic rings. The molecule has 0 saturated heterocycles. The van der Waals surface area contributed by atoms with Crippen LogP contribution in [0.3, 0.4) is 0 Å². The molecule has 1 aromatic heterocycles. The third-order valence-electron chi connectivity index (χ3n) is 3.26. The van der Waals surface area contributed by atoms with E-state index in [9.17, 15) is 0 Å². The van der Waals surface area contributed by atoms with E-state index < -0.39 is 0 Å². The number of nitrogens with zero attached hydrogens (tertiary/aromatic N) is 1. The topological polar surface area (TPSA) is 12.9 Å². The van der Waals surface area contributed by atoms with Gasteiger partial charge < -0.3 is 0 Å². The maximum atomic E-state index is 4.15. The van der Waals surface area contributed by atoms with E-state index >= 15 is 0 Å². The highest BCUT2D eigenvalue weighted by Gasteiger charge is 2.00. The normalized spacial score (nSPS) is 10.4. The summed E-state index contributed by atoms with van der Waals surface area (Å²) >= 11 is 0. The van der Waals surface area contributed by atoms with Gasteiger partial charge in [0.2, 0.25) is 0 Å². The summed E-state index contributed by atoms with van der Waals surface area (Å²) < 4.78 is 0. The van der Waals surface area contributed by atoms with Crippen LogP contribution in [-0.4, -0.2) is 4.98 Å². The zero-order valence-electron chi connectivity index (χ0n) is 10.9. The second kappa shape index (κ2) is 5.07. The lowest BCUT2D eigenvalue weighted by Gasteiger charge is -2.05. The Labute approximate surface area is 113 Å². The largest absolute Gasteiger partial charge is 0.264 e. The molecular weight excluding hydrogens is 230 g/mol. The van der Waals surface area contributed by atoms with Crippen LogP contribution >= 0.6 is 0 Å².